The minimum atomic E-state index is -0.235. The van der Waals surface area contributed by atoms with Crippen LogP contribution < -0.4 is 10.6 Å². The zero-order valence-electron chi connectivity index (χ0n) is 12.4. The molecule has 0 unspecified atom stereocenters. The Balaban J connectivity index is 1.78. The summed E-state index contributed by atoms with van der Waals surface area (Å²) in [5.41, 5.74) is 1.33. The minimum Gasteiger partial charge on any atom is -0.352 e. The first-order valence-electron chi connectivity index (χ1n) is 6.80. The fraction of sp³-hybridized carbons (Fsp3) is 0.267. The Bertz CT molecular complexity index is 679. The lowest BCUT2D eigenvalue weighted by molar-refractivity contribution is -0.116. The summed E-state index contributed by atoms with van der Waals surface area (Å²) in [6.07, 6.45) is 0.184. The van der Waals surface area contributed by atoms with E-state index in [0.29, 0.717) is 16.4 Å². The summed E-state index contributed by atoms with van der Waals surface area (Å²) >= 11 is 5.76. The zero-order chi connectivity index (χ0) is 16.1. The molecule has 0 bridgehead atoms. The molecule has 2 N–H and O–H groups in total. The third kappa shape index (κ3) is 4.33. The number of hydrogen-bond acceptors (Lipinski definition) is 3. The van der Waals surface area contributed by atoms with Gasteiger partial charge >= 0.3 is 0 Å². The molecule has 0 aliphatic heterocycles. The number of aryl methyl sites for hydroxylation is 2. The number of nitrogens with zero attached hydrogens (tertiary/aromatic N) is 2. The Hall–Kier alpha value is -2.34. The van der Waals surface area contributed by atoms with Gasteiger partial charge in [0.15, 0.2) is 0 Å². The first kappa shape index (κ1) is 16.0. The quantitative estimate of drug-likeness (QED) is 0.886. The number of carbonyl (C=O) groups is 2. The van der Waals surface area contributed by atoms with Crippen molar-refractivity contribution in [2.45, 2.75) is 13.3 Å². The Morgan fingerprint density at radius 1 is 1.27 bits per heavy atom. The lowest BCUT2D eigenvalue weighted by Crippen LogP contribution is -2.27. The normalized spacial score (nSPS) is 10.3. The number of carbonyl (C=O) groups excluding carboxylic acids is 2. The number of aromatic nitrogens is 2. The van der Waals surface area contributed by atoms with Crippen LogP contribution in [-0.2, 0) is 11.8 Å². The van der Waals surface area contributed by atoms with Crippen molar-refractivity contribution in [2.75, 3.05) is 11.9 Å². The Labute approximate surface area is 133 Å². The molecule has 1 heterocycles. The highest BCUT2D eigenvalue weighted by Gasteiger charge is 2.09. The molecule has 0 saturated carbocycles. The number of benzene rings is 1. The van der Waals surface area contributed by atoms with Crippen LogP contribution in [0.3, 0.4) is 0 Å². The third-order valence-electron chi connectivity index (χ3n) is 3.01. The van der Waals surface area contributed by atoms with E-state index in [0.717, 1.165) is 5.69 Å². The van der Waals surface area contributed by atoms with Crippen molar-refractivity contribution in [1.29, 1.82) is 0 Å². The molecule has 0 spiro atoms. The van der Waals surface area contributed by atoms with E-state index >= 15 is 0 Å². The van der Waals surface area contributed by atoms with E-state index in [1.54, 1.807) is 42.1 Å². The molecule has 6 nitrogen and oxygen atoms in total. The van der Waals surface area contributed by atoms with Crippen molar-refractivity contribution in [1.82, 2.24) is 15.1 Å². The summed E-state index contributed by atoms with van der Waals surface area (Å²) in [6, 6.07) is 8.35. The molecule has 0 radical (unpaired) electrons. The standard InChI is InChI=1S/C15H17ClN4O2/c1-10-9-13(20(2)19-10)18-14(21)7-8-17-15(22)11-3-5-12(16)6-4-11/h3-6,9H,7-8H2,1-2H3,(H,17,22)(H,18,21). The summed E-state index contributed by atoms with van der Waals surface area (Å²) in [4.78, 5) is 23.7. The van der Waals surface area contributed by atoms with E-state index in [9.17, 15) is 9.59 Å². The molecule has 2 amide bonds. The Kier molecular flexibility index (Phi) is 5.16. The second kappa shape index (κ2) is 7.09. The number of anilines is 1. The molecule has 2 rings (SSSR count). The van der Waals surface area contributed by atoms with Crippen molar-refractivity contribution in [2.24, 2.45) is 7.05 Å². The van der Waals surface area contributed by atoms with Crippen LogP contribution in [0.25, 0.3) is 0 Å². The lowest BCUT2D eigenvalue weighted by Gasteiger charge is -2.07. The lowest BCUT2D eigenvalue weighted by atomic mass is 10.2. The predicted octanol–water partition coefficient (Wildman–Crippen LogP) is 2.14. The van der Waals surface area contributed by atoms with Crippen molar-refractivity contribution in [3.8, 4) is 0 Å². The minimum absolute atomic E-state index is 0.181. The number of halogens is 1. The molecule has 0 atom stereocenters. The maximum Gasteiger partial charge on any atom is 0.251 e. The van der Waals surface area contributed by atoms with E-state index < -0.39 is 0 Å². The van der Waals surface area contributed by atoms with Gasteiger partial charge in [-0.15, -0.1) is 0 Å². The topological polar surface area (TPSA) is 76.0 Å². The number of hydrogen-bond donors (Lipinski definition) is 2. The molecule has 2 aromatic rings. The molecule has 1 aromatic carbocycles. The van der Waals surface area contributed by atoms with E-state index in [1.165, 1.54) is 0 Å². The van der Waals surface area contributed by atoms with Crippen LogP contribution in [0.1, 0.15) is 22.5 Å². The molecule has 0 saturated heterocycles. The van der Waals surface area contributed by atoms with Gasteiger partial charge in [0.2, 0.25) is 5.91 Å². The molecule has 116 valence electrons. The van der Waals surface area contributed by atoms with Gasteiger partial charge in [0.05, 0.1) is 5.69 Å². The van der Waals surface area contributed by atoms with Crippen molar-refractivity contribution in [3.63, 3.8) is 0 Å². The smallest absolute Gasteiger partial charge is 0.251 e. The van der Waals surface area contributed by atoms with Crippen LogP contribution in [0.2, 0.25) is 5.02 Å². The highest BCUT2D eigenvalue weighted by Crippen LogP contribution is 2.10. The SMILES string of the molecule is Cc1cc(NC(=O)CCNC(=O)c2ccc(Cl)cc2)n(C)n1. The van der Waals surface area contributed by atoms with Gasteiger partial charge in [0.1, 0.15) is 5.82 Å². The fourth-order valence-electron chi connectivity index (χ4n) is 1.93. The summed E-state index contributed by atoms with van der Waals surface area (Å²) in [5, 5.41) is 10.1. The largest absolute Gasteiger partial charge is 0.352 e. The summed E-state index contributed by atoms with van der Waals surface area (Å²) in [7, 11) is 1.75. The van der Waals surface area contributed by atoms with E-state index in [4.69, 9.17) is 11.6 Å². The van der Waals surface area contributed by atoms with Crippen molar-refractivity contribution >= 4 is 29.2 Å². The van der Waals surface area contributed by atoms with Gasteiger partial charge < -0.3 is 10.6 Å². The van der Waals surface area contributed by atoms with Gasteiger partial charge in [-0.2, -0.15) is 5.10 Å². The van der Waals surface area contributed by atoms with Gasteiger partial charge in [-0.3, -0.25) is 14.3 Å². The second-order valence-corrected chi connectivity index (χ2v) is 5.29. The first-order valence-corrected chi connectivity index (χ1v) is 7.18. The molecule has 0 fully saturated rings. The van der Waals surface area contributed by atoms with Crippen molar-refractivity contribution in [3.05, 3.63) is 46.6 Å². The molecular weight excluding hydrogens is 304 g/mol. The second-order valence-electron chi connectivity index (χ2n) is 4.86. The highest BCUT2D eigenvalue weighted by molar-refractivity contribution is 6.30. The Morgan fingerprint density at radius 3 is 2.55 bits per heavy atom. The Morgan fingerprint density at radius 2 is 1.95 bits per heavy atom. The highest BCUT2D eigenvalue weighted by atomic mass is 35.5. The maximum atomic E-state index is 11.9. The van der Waals surface area contributed by atoms with Crippen LogP contribution in [-0.4, -0.2) is 28.1 Å². The van der Waals surface area contributed by atoms with Crippen LogP contribution >= 0.6 is 11.6 Å². The number of rotatable bonds is 5. The van der Waals surface area contributed by atoms with Crippen LogP contribution in [0.5, 0.6) is 0 Å². The van der Waals surface area contributed by atoms with E-state index in [2.05, 4.69) is 15.7 Å². The van der Waals surface area contributed by atoms with Gasteiger partial charge in [-0.1, -0.05) is 11.6 Å². The van der Waals surface area contributed by atoms with Gasteiger partial charge in [0, 0.05) is 36.7 Å². The van der Waals surface area contributed by atoms with E-state index in [1.807, 2.05) is 6.92 Å². The number of amides is 2. The molecule has 1 aromatic heterocycles. The summed E-state index contributed by atoms with van der Waals surface area (Å²) in [5.74, 6) is 0.215. The zero-order valence-corrected chi connectivity index (χ0v) is 13.1. The van der Waals surface area contributed by atoms with Crippen LogP contribution in [0, 0.1) is 6.92 Å². The monoisotopic (exact) mass is 320 g/mol. The molecule has 7 heteroatoms. The average Bonchev–Trinajstić information content (AvgIpc) is 2.77. The predicted molar refractivity (Wildman–Crippen MR) is 85.0 cm³/mol. The van der Waals surface area contributed by atoms with Crippen LogP contribution in [0.4, 0.5) is 5.82 Å². The summed E-state index contributed by atoms with van der Waals surface area (Å²) < 4.78 is 1.60. The van der Waals surface area contributed by atoms with E-state index in [-0.39, 0.29) is 24.8 Å². The van der Waals surface area contributed by atoms with Gasteiger partial charge in [-0.25, -0.2) is 0 Å². The first-order chi connectivity index (χ1) is 10.5. The van der Waals surface area contributed by atoms with Gasteiger partial charge in [-0.05, 0) is 31.2 Å². The fourth-order valence-corrected chi connectivity index (χ4v) is 2.05. The van der Waals surface area contributed by atoms with Crippen molar-refractivity contribution < 1.29 is 9.59 Å². The molecule has 0 aliphatic rings. The van der Waals surface area contributed by atoms with Crippen LogP contribution in [0.15, 0.2) is 30.3 Å². The average molecular weight is 321 g/mol. The third-order valence-corrected chi connectivity index (χ3v) is 3.27. The molecular formula is C15H17ClN4O2. The van der Waals surface area contributed by atoms with Gasteiger partial charge in [0.25, 0.3) is 5.91 Å². The molecule has 22 heavy (non-hydrogen) atoms. The number of nitrogens with one attached hydrogen (secondary N) is 2. The maximum absolute atomic E-state index is 11.9. The molecule has 0 aliphatic carbocycles. The summed E-state index contributed by atoms with van der Waals surface area (Å²) in [6.45, 7) is 2.10.